The molecular weight excluding hydrogens is 1140 g/mol. The number of benzene rings is 1. The summed E-state index contributed by atoms with van der Waals surface area (Å²) < 4.78 is 0. The number of carboxylic acid groups (broad SMARTS) is 2. The van der Waals surface area contributed by atoms with Gasteiger partial charge in [0.25, 0.3) is 0 Å². The second-order valence-corrected chi connectivity index (χ2v) is 20.1. The van der Waals surface area contributed by atoms with E-state index >= 15 is 0 Å². The monoisotopic (exact) mass is 1220 g/mol. The molecule has 35 nitrogen and oxygen atoms in total. The first-order valence-electron chi connectivity index (χ1n) is 27.9. The maximum absolute atomic E-state index is 14.9. The fourth-order valence-corrected chi connectivity index (χ4v) is 8.57. The molecule has 478 valence electrons. The molecule has 3 aromatic rings. The number of aromatic nitrogens is 3. The van der Waals surface area contributed by atoms with Crippen LogP contribution < -0.4 is 86.7 Å². The van der Waals surface area contributed by atoms with Crippen LogP contribution in [0.25, 0.3) is 10.9 Å². The number of carboxylic acids is 2. The molecule has 2 aromatic heterocycles. The first-order valence-corrected chi connectivity index (χ1v) is 27.9. The van der Waals surface area contributed by atoms with E-state index in [9.17, 15) is 63.0 Å². The predicted molar refractivity (Wildman–Crippen MR) is 314 cm³/mol. The lowest BCUT2D eigenvalue weighted by atomic mass is 10.0. The van der Waals surface area contributed by atoms with Gasteiger partial charge in [-0.3, -0.25) is 64.2 Å². The van der Waals surface area contributed by atoms with Crippen LogP contribution in [-0.4, -0.2) is 189 Å². The molecule has 0 bridgehead atoms. The summed E-state index contributed by atoms with van der Waals surface area (Å²) in [5.41, 5.74) is 23.6. The van der Waals surface area contributed by atoms with Gasteiger partial charge >= 0.3 is 11.9 Å². The van der Waals surface area contributed by atoms with Gasteiger partial charge in [-0.2, -0.15) is 0 Å². The fraction of sp³-hybridized carbons (Fsp3) is 0.519. The maximum Gasteiger partial charge on any atom is 0.326 e. The summed E-state index contributed by atoms with van der Waals surface area (Å²) in [5.74, 6) is -12.1. The fourth-order valence-electron chi connectivity index (χ4n) is 8.57. The standard InChI is InChI=1S/C52H82N22O13/c1-27(67-46(83)39(22-41(77)78)68-40(76)25-64-28(2)75)42(79)73-38(21-30-24-60-26-66-30)48(85)74-37(20-29-23-65-32-11-4-3-10-31(29)32)47(84)71-33(12-5-6-16-53)43(80)69-34(13-7-17-61-50(54)55)44(81)70-35(14-8-18-62-51(56)57)45(82)72-36(49(86)87)15-9-19-63-52(58)59/h3-4,10-11,23-24,26-27,33-39,65H,5-9,12-22,25,53H2,1-2H3,(H,60,66)(H,64,75)(H,67,83)(H,68,76)(H,69,80)(H,70,81)(H,71,84)(H,72,82)(H,73,79)(H,74,85)(H,77,78)(H,86,87)(H4,54,55,61)(H4,56,57,62)(H4,58,59,63)/t27-,33-,34-,35-,36-,37-,38-,39-/m0/s1. The Hall–Kier alpha value is -10.1. The number of carbonyl (C=O) groups is 11. The number of H-pyrrole nitrogens is 2. The first kappa shape index (κ1) is 71.2. The molecule has 27 N–H and O–H groups in total. The third-order valence-corrected chi connectivity index (χ3v) is 13.0. The smallest absolute Gasteiger partial charge is 0.326 e. The Morgan fingerprint density at radius 3 is 1.49 bits per heavy atom. The number of carbonyl (C=O) groups excluding carboxylic acids is 9. The number of guanidine groups is 3. The van der Waals surface area contributed by atoms with E-state index in [0.29, 0.717) is 22.9 Å². The van der Waals surface area contributed by atoms with Crippen LogP contribution in [0, 0.1) is 16.2 Å². The van der Waals surface area contributed by atoms with Gasteiger partial charge in [-0.15, -0.1) is 0 Å². The van der Waals surface area contributed by atoms with Gasteiger partial charge in [-0.1, -0.05) is 18.2 Å². The number of aliphatic carboxylic acids is 2. The van der Waals surface area contributed by atoms with Crippen LogP contribution in [0.15, 0.2) is 43.0 Å². The number of nitrogens with one attached hydrogen (secondary N) is 17. The Labute approximate surface area is 499 Å². The van der Waals surface area contributed by atoms with Gasteiger partial charge in [0, 0.05) is 62.7 Å². The molecular formula is C52H82N22O13. The molecule has 0 aliphatic rings. The van der Waals surface area contributed by atoms with Crippen molar-refractivity contribution >= 4 is 93.9 Å². The average Bonchev–Trinajstić information content (AvgIpc) is 3.26. The van der Waals surface area contributed by atoms with Crippen molar-refractivity contribution in [2.45, 2.75) is 139 Å². The number of hydrogen-bond acceptors (Lipinski definition) is 16. The Morgan fingerprint density at radius 1 is 0.552 bits per heavy atom. The summed E-state index contributed by atoms with van der Waals surface area (Å²) in [6, 6.07) is -4.95. The molecule has 35 heteroatoms. The molecule has 0 radical (unpaired) electrons. The molecule has 0 saturated carbocycles. The number of aromatic amines is 2. The molecule has 3 rings (SSSR count). The highest BCUT2D eigenvalue weighted by Crippen LogP contribution is 2.20. The zero-order chi connectivity index (χ0) is 64.6. The van der Waals surface area contributed by atoms with Crippen molar-refractivity contribution in [3.63, 3.8) is 0 Å². The predicted octanol–water partition coefficient (Wildman–Crippen LogP) is -5.81. The quantitative estimate of drug-likeness (QED) is 0.0143. The van der Waals surface area contributed by atoms with Gasteiger partial charge in [0.15, 0.2) is 17.9 Å². The maximum atomic E-state index is 14.9. The van der Waals surface area contributed by atoms with E-state index in [0.717, 1.165) is 6.92 Å². The number of amides is 9. The van der Waals surface area contributed by atoms with Crippen LogP contribution in [-0.2, 0) is 65.6 Å². The molecule has 0 spiro atoms. The summed E-state index contributed by atoms with van der Waals surface area (Å²) in [6.45, 7) is 2.19. The van der Waals surface area contributed by atoms with Gasteiger partial charge < -0.3 is 107 Å². The van der Waals surface area contributed by atoms with Gasteiger partial charge in [0.2, 0.25) is 53.2 Å². The average molecular weight is 1220 g/mol. The number of unbranched alkanes of at least 4 members (excludes halogenated alkanes) is 1. The van der Waals surface area contributed by atoms with E-state index in [1.165, 1.54) is 19.4 Å². The number of para-hydroxylation sites is 1. The van der Waals surface area contributed by atoms with E-state index in [2.05, 4.69) is 78.8 Å². The second-order valence-electron chi connectivity index (χ2n) is 20.1. The number of rotatable bonds is 40. The summed E-state index contributed by atoms with van der Waals surface area (Å²) in [7, 11) is 0. The van der Waals surface area contributed by atoms with E-state index in [1.54, 1.807) is 30.5 Å². The largest absolute Gasteiger partial charge is 0.481 e. The van der Waals surface area contributed by atoms with E-state index < -0.39 is 126 Å². The van der Waals surface area contributed by atoms with Crippen LogP contribution in [0.2, 0.25) is 0 Å². The zero-order valence-corrected chi connectivity index (χ0v) is 48.3. The SMILES string of the molecule is CC(=O)NCC(=O)N[C@@H](CC(=O)O)C(=O)N[C@@H](C)C(=O)N[C@@H](Cc1c[nH]cn1)C(=O)N[C@@H](Cc1c[nH]c2ccccc12)C(=O)N[C@@H](CCCCN)C(=O)N[C@@H](CCCNC(=N)N)C(=O)N[C@@H](CCCNC(=N)N)C(=O)N[C@@H](CCCNC(=N)N)C(=O)O. The highest BCUT2D eigenvalue weighted by atomic mass is 16.4. The minimum Gasteiger partial charge on any atom is -0.481 e. The molecule has 0 unspecified atom stereocenters. The number of fused-ring (bicyclic) bond motifs is 1. The summed E-state index contributed by atoms with van der Waals surface area (Å²) in [4.78, 5) is 157. The van der Waals surface area contributed by atoms with Crippen LogP contribution in [0.5, 0.6) is 0 Å². The Morgan fingerprint density at radius 2 is 1.01 bits per heavy atom. The second kappa shape index (κ2) is 37.3. The van der Waals surface area contributed by atoms with E-state index in [-0.39, 0.29) is 114 Å². The third kappa shape index (κ3) is 27.0. The van der Waals surface area contributed by atoms with Gasteiger partial charge in [-0.25, -0.2) is 9.78 Å². The lowest BCUT2D eigenvalue weighted by Gasteiger charge is -2.28. The van der Waals surface area contributed by atoms with Crippen molar-refractivity contribution in [1.82, 2.24) is 78.8 Å². The zero-order valence-electron chi connectivity index (χ0n) is 48.3. The van der Waals surface area contributed by atoms with Crippen LogP contribution in [0.4, 0.5) is 0 Å². The van der Waals surface area contributed by atoms with Crippen molar-refractivity contribution in [2.75, 3.05) is 32.7 Å². The lowest BCUT2D eigenvalue weighted by Crippen LogP contribution is -2.60. The number of hydrogen-bond donors (Lipinski definition) is 23. The Balaban J connectivity index is 2.01. The van der Waals surface area contributed by atoms with Gasteiger partial charge in [0.1, 0.15) is 48.3 Å². The molecule has 0 aliphatic heterocycles. The van der Waals surface area contributed by atoms with Crippen LogP contribution >= 0.6 is 0 Å². The Bertz CT molecular complexity index is 2870. The molecule has 2 heterocycles. The minimum absolute atomic E-state index is 0.0461. The number of nitrogens with two attached hydrogens (primary N) is 4. The van der Waals surface area contributed by atoms with Crippen LogP contribution in [0.3, 0.4) is 0 Å². The summed E-state index contributed by atoms with van der Waals surface area (Å²) in [5, 5.41) is 72.7. The molecule has 9 amide bonds. The van der Waals surface area contributed by atoms with Crippen molar-refractivity contribution in [2.24, 2.45) is 22.9 Å². The Kier molecular flexibility index (Phi) is 30.5. The van der Waals surface area contributed by atoms with Crippen molar-refractivity contribution in [3.05, 3.63) is 54.2 Å². The van der Waals surface area contributed by atoms with Crippen molar-refractivity contribution in [1.29, 1.82) is 16.2 Å². The summed E-state index contributed by atoms with van der Waals surface area (Å²) >= 11 is 0. The van der Waals surface area contributed by atoms with Crippen LogP contribution in [0.1, 0.15) is 89.3 Å². The molecule has 1 aromatic carbocycles. The highest BCUT2D eigenvalue weighted by Gasteiger charge is 2.35. The van der Waals surface area contributed by atoms with Crippen molar-refractivity contribution < 1.29 is 63.0 Å². The molecule has 0 fully saturated rings. The topological polar surface area (TPSA) is 593 Å². The molecule has 8 atom stereocenters. The van der Waals surface area contributed by atoms with Gasteiger partial charge in [0.05, 0.1) is 25.0 Å². The molecule has 0 saturated heterocycles. The third-order valence-electron chi connectivity index (χ3n) is 13.0. The molecule has 87 heavy (non-hydrogen) atoms. The number of nitrogens with zero attached hydrogens (tertiary/aromatic N) is 1. The lowest BCUT2D eigenvalue weighted by molar-refractivity contribution is -0.142. The minimum atomic E-state index is -1.70. The highest BCUT2D eigenvalue weighted by molar-refractivity contribution is 5.99. The number of imidazole rings is 1. The van der Waals surface area contributed by atoms with Crippen molar-refractivity contribution in [3.8, 4) is 0 Å². The first-order chi connectivity index (χ1) is 41.3. The molecule has 0 aliphatic carbocycles. The van der Waals surface area contributed by atoms with E-state index in [1.807, 2.05) is 0 Å². The summed E-state index contributed by atoms with van der Waals surface area (Å²) in [6.07, 6.45) is 3.52. The van der Waals surface area contributed by atoms with E-state index in [4.69, 9.17) is 39.2 Å². The van der Waals surface area contributed by atoms with Gasteiger partial charge in [-0.05, 0) is 82.9 Å². The normalized spacial score (nSPS) is 13.6.